The predicted octanol–water partition coefficient (Wildman–Crippen LogP) is -0.243. The van der Waals surface area contributed by atoms with Crippen LogP contribution in [0.4, 0.5) is 0 Å². The lowest BCUT2D eigenvalue weighted by Gasteiger charge is -2.28. The molecule has 1 amide bonds. The highest BCUT2D eigenvalue weighted by Crippen LogP contribution is 2.29. The lowest BCUT2D eigenvalue weighted by atomic mass is 9.79. The van der Waals surface area contributed by atoms with Gasteiger partial charge in [-0.15, -0.1) is 0 Å². The summed E-state index contributed by atoms with van der Waals surface area (Å²) in [6.45, 7) is 0.784. The summed E-state index contributed by atoms with van der Waals surface area (Å²) in [5.74, 6) is -1.97. The Bertz CT molecular complexity index is 463. The number of carbonyl (C=O) groups excluding carboxylic acids is 1. The number of aliphatic carboxylic acids is 1. The van der Waals surface area contributed by atoms with Gasteiger partial charge in [0.1, 0.15) is 0 Å². The summed E-state index contributed by atoms with van der Waals surface area (Å²) in [5.41, 5.74) is 4.92. The fraction of sp³-hybridized carbons (Fsp3) is 0.846. The van der Waals surface area contributed by atoms with Crippen molar-refractivity contribution in [3.63, 3.8) is 0 Å². The third-order valence-electron chi connectivity index (χ3n) is 3.88. The summed E-state index contributed by atoms with van der Waals surface area (Å²) in [6, 6.07) is 0. The molecule has 21 heavy (non-hydrogen) atoms. The minimum atomic E-state index is -3.29. The van der Waals surface area contributed by atoms with Gasteiger partial charge in [0, 0.05) is 13.0 Å². The molecule has 2 atom stereocenters. The SMILES string of the molecule is NC(=O)CCS(=O)(=O)CCNCC1CCCCC1C(=O)O. The van der Waals surface area contributed by atoms with Crippen LogP contribution in [0, 0.1) is 11.8 Å². The van der Waals surface area contributed by atoms with Crippen LogP contribution < -0.4 is 11.1 Å². The molecule has 0 aromatic rings. The smallest absolute Gasteiger partial charge is 0.306 e. The Morgan fingerprint density at radius 3 is 2.48 bits per heavy atom. The van der Waals surface area contributed by atoms with Gasteiger partial charge in [-0.2, -0.15) is 0 Å². The maximum Gasteiger partial charge on any atom is 0.306 e. The van der Waals surface area contributed by atoms with E-state index in [1.54, 1.807) is 0 Å². The molecule has 1 aliphatic carbocycles. The van der Waals surface area contributed by atoms with Crippen molar-refractivity contribution in [3.05, 3.63) is 0 Å². The Morgan fingerprint density at radius 2 is 1.86 bits per heavy atom. The lowest BCUT2D eigenvalue weighted by molar-refractivity contribution is -0.144. The molecule has 0 saturated heterocycles. The van der Waals surface area contributed by atoms with Crippen LogP contribution in [0.15, 0.2) is 0 Å². The summed E-state index contributed by atoms with van der Waals surface area (Å²) in [6.07, 6.45) is 3.35. The van der Waals surface area contributed by atoms with Crippen LogP contribution in [-0.2, 0) is 19.4 Å². The van der Waals surface area contributed by atoms with E-state index in [1.807, 2.05) is 0 Å². The number of carbonyl (C=O) groups is 2. The molecule has 4 N–H and O–H groups in total. The number of hydrogen-bond donors (Lipinski definition) is 3. The molecule has 0 heterocycles. The van der Waals surface area contributed by atoms with E-state index in [1.165, 1.54) is 0 Å². The first-order valence-electron chi connectivity index (χ1n) is 7.24. The van der Waals surface area contributed by atoms with Crippen molar-refractivity contribution >= 4 is 21.7 Å². The molecule has 1 aliphatic rings. The Labute approximate surface area is 125 Å². The minimum absolute atomic E-state index is 0.0598. The number of nitrogens with two attached hydrogens (primary N) is 1. The van der Waals surface area contributed by atoms with Gasteiger partial charge in [0.2, 0.25) is 5.91 Å². The highest BCUT2D eigenvalue weighted by Gasteiger charge is 2.30. The molecule has 1 fully saturated rings. The quantitative estimate of drug-likeness (QED) is 0.503. The van der Waals surface area contributed by atoms with Gasteiger partial charge in [0.15, 0.2) is 9.84 Å². The second-order valence-electron chi connectivity index (χ2n) is 5.56. The number of carboxylic acids is 1. The normalized spacial score (nSPS) is 22.9. The highest BCUT2D eigenvalue weighted by atomic mass is 32.2. The first-order valence-corrected chi connectivity index (χ1v) is 9.06. The van der Waals surface area contributed by atoms with Crippen LogP contribution in [0.25, 0.3) is 0 Å². The molecule has 7 nitrogen and oxygen atoms in total. The molecule has 0 aliphatic heterocycles. The fourth-order valence-corrected chi connectivity index (χ4v) is 3.82. The number of nitrogens with one attached hydrogen (secondary N) is 1. The van der Waals surface area contributed by atoms with E-state index in [2.05, 4.69) is 5.32 Å². The lowest BCUT2D eigenvalue weighted by Crippen LogP contribution is -2.36. The molecule has 122 valence electrons. The van der Waals surface area contributed by atoms with Gasteiger partial charge in [-0.25, -0.2) is 8.42 Å². The average Bonchev–Trinajstić information content (AvgIpc) is 2.42. The van der Waals surface area contributed by atoms with E-state index in [-0.39, 0.29) is 36.3 Å². The van der Waals surface area contributed by atoms with Crippen molar-refractivity contribution in [2.24, 2.45) is 17.6 Å². The summed E-state index contributed by atoms with van der Waals surface area (Å²) < 4.78 is 23.2. The topological polar surface area (TPSA) is 127 Å². The van der Waals surface area contributed by atoms with E-state index in [9.17, 15) is 18.0 Å². The summed E-state index contributed by atoms with van der Waals surface area (Å²) in [5, 5.41) is 12.2. The highest BCUT2D eigenvalue weighted by molar-refractivity contribution is 7.91. The molecular formula is C13H24N2O5S. The first-order chi connectivity index (χ1) is 9.82. The summed E-state index contributed by atoms with van der Waals surface area (Å²) in [7, 11) is -3.29. The minimum Gasteiger partial charge on any atom is -0.481 e. The number of carboxylic acid groups (broad SMARTS) is 1. The zero-order valence-electron chi connectivity index (χ0n) is 12.1. The predicted molar refractivity (Wildman–Crippen MR) is 78.4 cm³/mol. The summed E-state index contributed by atoms with van der Waals surface area (Å²) in [4.78, 5) is 21.7. The number of amides is 1. The van der Waals surface area contributed by atoms with Crippen LogP contribution in [-0.4, -0.2) is 50.0 Å². The molecule has 1 saturated carbocycles. The molecule has 0 radical (unpaired) electrons. The second-order valence-corrected chi connectivity index (χ2v) is 7.87. The van der Waals surface area contributed by atoms with E-state index in [4.69, 9.17) is 10.8 Å². The molecule has 1 rings (SSSR count). The number of sulfone groups is 1. The summed E-state index contributed by atoms with van der Waals surface area (Å²) >= 11 is 0. The van der Waals surface area contributed by atoms with Crippen LogP contribution in [0.3, 0.4) is 0 Å². The van der Waals surface area contributed by atoms with Gasteiger partial charge in [0.25, 0.3) is 0 Å². The van der Waals surface area contributed by atoms with Gasteiger partial charge in [0.05, 0.1) is 17.4 Å². The average molecular weight is 320 g/mol. The Balaban J connectivity index is 2.29. The standard InChI is InChI=1S/C13H24N2O5S/c14-12(16)5-7-21(19,20)8-6-15-9-10-3-1-2-4-11(10)13(17)18/h10-11,15H,1-9H2,(H2,14,16)(H,17,18). The largest absolute Gasteiger partial charge is 0.481 e. The molecule has 0 aromatic heterocycles. The zero-order chi connectivity index (χ0) is 15.9. The van der Waals surface area contributed by atoms with Crippen LogP contribution in [0.5, 0.6) is 0 Å². The molecule has 0 spiro atoms. The van der Waals surface area contributed by atoms with E-state index in [0.29, 0.717) is 13.0 Å². The van der Waals surface area contributed by atoms with Gasteiger partial charge in [-0.1, -0.05) is 12.8 Å². The molecular weight excluding hydrogens is 296 g/mol. The van der Waals surface area contributed by atoms with Gasteiger partial charge < -0.3 is 16.2 Å². The van der Waals surface area contributed by atoms with Crippen molar-refractivity contribution in [2.45, 2.75) is 32.1 Å². The van der Waals surface area contributed by atoms with Crippen molar-refractivity contribution in [1.82, 2.24) is 5.32 Å². The first kappa shape index (κ1) is 17.9. The monoisotopic (exact) mass is 320 g/mol. The van der Waals surface area contributed by atoms with Crippen LogP contribution >= 0.6 is 0 Å². The van der Waals surface area contributed by atoms with E-state index < -0.39 is 21.7 Å². The maximum absolute atomic E-state index is 11.6. The number of rotatable bonds is 9. The van der Waals surface area contributed by atoms with Crippen molar-refractivity contribution in [1.29, 1.82) is 0 Å². The zero-order valence-corrected chi connectivity index (χ0v) is 12.9. The Kier molecular flexibility index (Phi) is 7.10. The van der Waals surface area contributed by atoms with Gasteiger partial charge in [-0.05, 0) is 25.3 Å². The molecule has 0 aromatic carbocycles. The van der Waals surface area contributed by atoms with Crippen LogP contribution in [0.2, 0.25) is 0 Å². The molecule has 2 unspecified atom stereocenters. The van der Waals surface area contributed by atoms with Gasteiger partial charge in [-0.3, -0.25) is 9.59 Å². The molecule has 8 heteroatoms. The third kappa shape index (κ3) is 6.90. The van der Waals surface area contributed by atoms with Crippen molar-refractivity contribution in [3.8, 4) is 0 Å². The molecule has 0 bridgehead atoms. The van der Waals surface area contributed by atoms with Gasteiger partial charge >= 0.3 is 5.97 Å². The van der Waals surface area contributed by atoms with Crippen molar-refractivity contribution in [2.75, 3.05) is 24.6 Å². The fourth-order valence-electron chi connectivity index (χ4n) is 2.65. The maximum atomic E-state index is 11.6. The van der Waals surface area contributed by atoms with Crippen LogP contribution in [0.1, 0.15) is 32.1 Å². The number of hydrogen-bond acceptors (Lipinski definition) is 5. The Morgan fingerprint density at radius 1 is 1.19 bits per heavy atom. The second kappa shape index (κ2) is 8.33. The van der Waals surface area contributed by atoms with E-state index in [0.717, 1.165) is 19.3 Å². The Hall–Kier alpha value is -1.15. The third-order valence-corrected chi connectivity index (χ3v) is 5.53. The van der Waals surface area contributed by atoms with Crippen molar-refractivity contribution < 1.29 is 23.1 Å². The van der Waals surface area contributed by atoms with E-state index >= 15 is 0 Å². The number of primary amides is 1.